The van der Waals surface area contributed by atoms with Crippen molar-refractivity contribution in [2.45, 2.75) is 6.54 Å². The molecule has 7 nitrogen and oxygen atoms in total. The number of hydrogen-bond acceptors (Lipinski definition) is 5. The molecular formula is C14H18N4O3. The molecule has 1 amide bonds. The maximum Gasteiger partial charge on any atom is 0.264 e. The molecule has 3 N–H and O–H groups in total. The van der Waals surface area contributed by atoms with Gasteiger partial charge in [-0.25, -0.2) is 0 Å². The van der Waals surface area contributed by atoms with Crippen molar-refractivity contribution in [2.75, 3.05) is 19.5 Å². The van der Waals surface area contributed by atoms with Crippen LogP contribution in [0.5, 0.6) is 11.5 Å². The van der Waals surface area contributed by atoms with Crippen LogP contribution in [-0.4, -0.2) is 29.9 Å². The van der Waals surface area contributed by atoms with Crippen LogP contribution < -0.4 is 20.5 Å². The molecule has 0 radical (unpaired) electrons. The zero-order valence-electron chi connectivity index (χ0n) is 12.2. The molecular weight excluding hydrogens is 272 g/mol. The van der Waals surface area contributed by atoms with Crippen molar-refractivity contribution in [1.29, 1.82) is 0 Å². The summed E-state index contributed by atoms with van der Waals surface area (Å²) in [6, 6.07) is 5.14. The largest absolute Gasteiger partial charge is 0.496 e. The molecule has 0 aliphatic heterocycles. The number of hydrogen-bond donors (Lipinski definition) is 2. The molecule has 0 fully saturated rings. The third-order valence-corrected chi connectivity index (χ3v) is 3.01. The van der Waals surface area contributed by atoms with E-state index >= 15 is 0 Å². The van der Waals surface area contributed by atoms with Gasteiger partial charge in [-0.3, -0.25) is 9.48 Å². The number of nitrogens with two attached hydrogens (primary N) is 1. The van der Waals surface area contributed by atoms with Crippen LogP contribution in [-0.2, 0) is 13.6 Å². The first-order chi connectivity index (χ1) is 10.1. The molecule has 1 aromatic heterocycles. The predicted octanol–water partition coefficient (Wildman–Crippen LogP) is 1.15. The molecule has 0 saturated heterocycles. The lowest BCUT2D eigenvalue weighted by atomic mass is 10.1. The van der Waals surface area contributed by atoms with Crippen molar-refractivity contribution in [2.24, 2.45) is 12.8 Å². The van der Waals surface area contributed by atoms with Gasteiger partial charge in [-0.05, 0) is 12.1 Å². The lowest BCUT2D eigenvalue weighted by Gasteiger charge is -2.12. The summed E-state index contributed by atoms with van der Waals surface area (Å²) in [6.07, 6.45) is 1.76. The average molecular weight is 290 g/mol. The number of amides is 1. The first kappa shape index (κ1) is 14.9. The summed E-state index contributed by atoms with van der Waals surface area (Å²) in [5.74, 6) is 0.921. The first-order valence-electron chi connectivity index (χ1n) is 6.35. The third kappa shape index (κ3) is 2.97. The zero-order chi connectivity index (χ0) is 15.4. The predicted molar refractivity (Wildman–Crippen MR) is 78.6 cm³/mol. The number of anilines is 1. The number of carbonyl (C=O) groups excluding carboxylic acids is 1. The number of methoxy groups -OCH3 is 2. The highest BCUT2D eigenvalue weighted by molar-refractivity contribution is 6.08. The fraction of sp³-hybridized carbons (Fsp3) is 0.286. The minimum atomic E-state index is -0.363. The summed E-state index contributed by atoms with van der Waals surface area (Å²) in [5.41, 5.74) is 6.70. The molecule has 0 saturated carbocycles. The highest BCUT2D eigenvalue weighted by Crippen LogP contribution is 2.29. The quantitative estimate of drug-likeness (QED) is 0.862. The molecule has 0 spiro atoms. The Bertz CT molecular complexity index is 629. The summed E-state index contributed by atoms with van der Waals surface area (Å²) in [7, 11) is 4.76. The highest BCUT2D eigenvalue weighted by atomic mass is 16.5. The van der Waals surface area contributed by atoms with Crippen molar-refractivity contribution in [3.05, 3.63) is 35.5 Å². The van der Waals surface area contributed by atoms with Crippen molar-refractivity contribution in [1.82, 2.24) is 9.78 Å². The maximum atomic E-state index is 12.5. The molecule has 21 heavy (non-hydrogen) atoms. The number of carbonyl (C=O) groups is 1. The van der Waals surface area contributed by atoms with Crippen LogP contribution in [0.2, 0.25) is 0 Å². The van der Waals surface area contributed by atoms with Crippen LogP contribution in [0, 0.1) is 0 Å². The monoisotopic (exact) mass is 290 g/mol. The standard InChI is InChI=1S/C14H18N4O3/c1-18-8-9(7-15)13(17-18)16-14(19)12-10(20-2)5-4-6-11(12)21-3/h4-6,8H,7,15H2,1-3H3,(H,16,17,19). The molecule has 1 heterocycles. The summed E-state index contributed by atoms with van der Waals surface area (Å²) in [5, 5.41) is 6.92. The Hall–Kier alpha value is -2.54. The van der Waals surface area contributed by atoms with Gasteiger partial charge in [0.15, 0.2) is 5.82 Å². The molecule has 0 aliphatic rings. The lowest BCUT2D eigenvalue weighted by Crippen LogP contribution is -2.16. The number of aryl methyl sites for hydroxylation is 1. The van der Waals surface area contributed by atoms with Gasteiger partial charge >= 0.3 is 0 Å². The number of rotatable bonds is 5. The van der Waals surface area contributed by atoms with Crippen LogP contribution >= 0.6 is 0 Å². The van der Waals surface area contributed by atoms with E-state index in [1.165, 1.54) is 14.2 Å². The fourth-order valence-corrected chi connectivity index (χ4v) is 2.04. The Labute approximate surface area is 122 Å². The van der Waals surface area contributed by atoms with Gasteiger partial charge in [-0.1, -0.05) is 6.07 Å². The zero-order valence-corrected chi connectivity index (χ0v) is 12.2. The fourth-order valence-electron chi connectivity index (χ4n) is 2.04. The van der Waals surface area contributed by atoms with E-state index in [2.05, 4.69) is 10.4 Å². The maximum absolute atomic E-state index is 12.5. The summed E-state index contributed by atoms with van der Waals surface area (Å²) in [4.78, 5) is 12.5. The van der Waals surface area contributed by atoms with Crippen LogP contribution in [0.25, 0.3) is 0 Å². The minimum absolute atomic E-state index is 0.284. The molecule has 0 unspecified atom stereocenters. The Morgan fingerprint density at radius 2 is 1.95 bits per heavy atom. The van der Waals surface area contributed by atoms with E-state index < -0.39 is 0 Å². The molecule has 0 atom stereocenters. The molecule has 2 aromatic rings. The number of nitrogens with zero attached hydrogens (tertiary/aromatic N) is 2. The van der Waals surface area contributed by atoms with Gasteiger partial charge in [0.25, 0.3) is 5.91 Å². The topological polar surface area (TPSA) is 91.4 Å². The highest BCUT2D eigenvalue weighted by Gasteiger charge is 2.20. The molecule has 0 bridgehead atoms. The number of aromatic nitrogens is 2. The normalized spacial score (nSPS) is 10.3. The molecule has 1 aromatic carbocycles. The van der Waals surface area contributed by atoms with Gasteiger partial charge in [0, 0.05) is 25.4 Å². The van der Waals surface area contributed by atoms with Crippen LogP contribution in [0.4, 0.5) is 5.82 Å². The Morgan fingerprint density at radius 1 is 1.33 bits per heavy atom. The smallest absolute Gasteiger partial charge is 0.264 e. The average Bonchev–Trinajstić information content (AvgIpc) is 2.85. The second-order valence-corrected chi connectivity index (χ2v) is 4.37. The molecule has 0 aliphatic carbocycles. The second-order valence-electron chi connectivity index (χ2n) is 4.37. The van der Waals surface area contributed by atoms with E-state index in [0.717, 1.165) is 5.56 Å². The molecule has 2 rings (SSSR count). The SMILES string of the molecule is COc1cccc(OC)c1C(=O)Nc1nn(C)cc1CN. The van der Waals surface area contributed by atoms with E-state index in [-0.39, 0.29) is 12.5 Å². The van der Waals surface area contributed by atoms with Gasteiger partial charge in [-0.15, -0.1) is 0 Å². The number of nitrogens with one attached hydrogen (secondary N) is 1. The molecule has 112 valence electrons. The van der Waals surface area contributed by atoms with Crippen molar-refractivity contribution >= 4 is 11.7 Å². The van der Waals surface area contributed by atoms with Gasteiger partial charge in [0.1, 0.15) is 17.1 Å². The Morgan fingerprint density at radius 3 is 2.48 bits per heavy atom. The van der Waals surface area contributed by atoms with Gasteiger partial charge in [0.05, 0.1) is 14.2 Å². The lowest BCUT2D eigenvalue weighted by molar-refractivity contribution is 0.102. The van der Waals surface area contributed by atoms with Gasteiger partial charge in [0.2, 0.25) is 0 Å². The van der Waals surface area contributed by atoms with E-state index in [1.807, 2.05) is 0 Å². The van der Waals surface area contributed by atoms with E-state index in [9.17, 15) is 4.79 Å². The summed E-state index contributed by atoms with van der Waals surface area (Å²) in [6.45, 7) is 0.284. The van der Waals surface area contributed by atoms with E-state index in [1.54, 1.807) is 36.1 Å². The minimum Gasteiger partial charge on any atom is -0.496 e. The number of ether oxygens (including phenoxy) is 2. The second kappa shape index (κ2) is 6.27. The van der Waals surface area contributed by atoms with Gasteiger partial charge in [-0.2, -0.15) is 5.10 Å². The summed E-state index contributed by atoms with van der Waals surface area (Å²) < 4.78 is 12.0. The van der Waals surface area contributed by atoms with E-state index in [0.29, 0.717) is 22.9 Å². The van der Waals surface area contributed by atoms with Crippen molar-refractivity contribution in [3.63, 3.8) is 0 Å². The first-order valence-corrected chi connectivity index (χ1v) is 6.35. The van der Waals surface area contributed by atoms with Crippen LogP contribution in [0.1, 0.15) is 15.9 Å². The van der Waals surface area contributed by atoms with Crippen molar-refractivity contribution < 1.29 is 14.3 Å². The number of benzene rings is 1. The Balaban J connectivity index is 2.36. The van der Waals surface area contributed by atoms with Crippen LogP contribution in [0.15, 0.2) is 24.4 Å². The van der Waals surface area contributed by atoms with E-state index in [4.69, 9.17) is 15.2 Å². The third-order valence-electron chi connectivity index (χ3n) is 3.01. The van der Waals surface area contributed by atoms with Crippen LogP contribution in [0.3, 0.4) is 0 Å². The van der Waals surface area contributed by atoms with Gasteiger partial charge < -0.3 is 20.5 Å². The molecule has 7 heteroatoms. The summed E-state index contributed by atoms with van der Waals surface area (Å²) >= 11 is 0. The van der Waals surface area contributed by atoms with Crippen molar-refractivity contribution in [3.8, 4) is 11.5 Å². The Kier molecular flexibility index (Phi) is 4.44.